The Morgan fingerprint density at radius 1 is 1.53 bits per heavy atom. The second-order valence-corrected chi connectivity index (χ2v) is 5.41. The maximum Gasteiger partial charge on any atom is 0.360 e. The summed E-state index contributed by atoms with van der Waals surface area (Å²) in [4.78, 5) is 16.0. The summed E-state index contributed by atoms with van der Waals surface area (Å²) in [6.45, 7) is 5.16. The average molecular weight is 274 g/mol. The van der Waals surface area contributed by atoms with Crippen LogP contribution in [0.4, 0.5) is 5.00 Å². The van der Waals surface area contributed by atoms with E-state index in [0.717, 1.165) is 28.7 Å². The highest BCUT2D eigenvalue weighted by Crippen LogP contribution is 2.30. The van der Waals surface area contributed by atoms with E-state index in [-0.39, 0.29) is 5.97 Å². The number of hydrogen-bond acceptors (Lipinski definition) is 6. The number of carbonyl (C=O) groups excluding carboxylic acids is 1. The Morgan fingerprint density at radius 3 is 2.88 bits per heavy atom. The molecule has 17 heavy (non-hydrogen) atoms. The summed E-state index contributed by atoms with van der Waals surface area (Å²) in [5.41, 5.74) is 0.414. The normalized spacial score (nSPS) is 10.3. The number of esters is 1. The lowest BCUT2D eigenvalue weighted by Gasteiger charge is -2.04. The second kappa shape index (κ2) is 7.55. The number of rotatable bonds is 7. The van der Waals surface area contributed by atoms with Crippen molar-refractivity contribution < 1.29 is 9.53 Å². The summed E-state index contributed by atoms with van der Waals surface area (Å²) in [5.74, 6) is -0.344. The van der Waals surface area contributed by atoms with Crippen LogP contribution in [-0.2, 0) is 4.74 Å². The highest BCUT2D eigenvalue weighted by molar-refractivity contribution is 8.00. The topological polar surface area (TPSA) is 51.2 Å². The first-order chi connectivity index (χ1) is 8.22. The molecule has 0 amide bonds. The van der Waals surface area contributed by atoms with E-state index in [0.29, 0.717) is 12.3 Å². The molecule has 96 valence electrons. The number of ether oxygens (including phenoxy) is 1. The van der Waals surface area contributed by atoms with Crippen LogP contribution >= 0.6 is 23.1 Å². The van der Waals surface area contributed by atoms with E-state index in [1.165, 1.54) is 23.1 Å². The molecule has 0 saturated carbocycles. The first-order valence-corrected chi connectivity index (χ1v) is 7.72. The molecule has 1 heterocycles. The number of nitrogens with zero attached hydrogens (tertiary/aromatic N) is 1. The van der Waals surface area contributed by atoms with Crippen LogP contribution in [0.3, 0.4) is 0 Å². The number of thioether (sulfide) groups is 1. The molecule has 6 heteroatoms. The lowest BCUT2D eigenvalue weighted by Crippen LogP contribution is -2.09. The fourth-order valence-corrected chi connectivity index (χ4v) is 2.70. The zero-order valence-corrected chi connectivity index (χ0v) is 12.0. The van der Waals surface area contributed by atoms with Gasteiger partial charge in [-0.15, -0.1) is 0 Å². The molecule has 0 atom stereocenters. The molecule has 0 aromatic carbocycles. The van der Waals surface area contributed by atoms with Crippen molar-refractivity contribution in [2.75, 3.05) is 24.7 Å². The third kappa shape index (κ3) is 4.20. The van der Waals surface area contributed by atoms with Gasteiger partial charge in [-0.2, -0.15) is 0 Å². The zero-order chi connectivity index (χ0) is 12.7. The van der Waals surface area contributed by atoms with Gasteiger partial charge in [0, 0.05) is 6.54 Å². The molecule has 0 spiro atoms. The van der Waals surface area contributed by atoms with Crippen LogP contribution in [0.25, 0.3) is 0 Å². The molecule has 0 aliphatic heterocycles. The van der Waals surface area contributed by atoms with E-state index < -0.39 is 0 Å². The first-order valence-electron chi connectivity index (χ1n) is 5.68. The number of anilines is 1. The summed E-state index contributed by atoms with van der Waals surface area (Å²) in [6.07, 6.45) is 4.15. The van der Waals surface area contributed by atoms with Crippen molar-refractivity contribution in [2.45, 2.75) is 31.0 Å². The van der Waals surface area contributed by atoms with Crippen LogP contribution in [0.2, 0.25) is 0 Å². The van der Waals surface area contributed by atoms with Gasteiger partial charge in [0.05, 0.1) is 6.61 Å². The number of thiazole rings is 1. The Balaban J connectivity index is 2.77. The van der Waals surface area contributed by atoms with Gasteiger partial charge in [-0.25, -0.2) is 9.78 Å². The maximum atomic E-state index is 11.7. The standard InChI is InChI=1S/C11H18N2O2S2/c1-4-6-7-12-9-8(10(14)15-5-2)13-11(16-3)17-9/h12H,4-7H2,1-3H3. The molecule has 0 unspecified atom stereocenters. The van der Waals surface area contributed by atoms with Crippen molar-refractivity contribution in [1.82, 2.24) is 4.98 Å². The minimum absolute atomic E-state index is 0.344. The lowest BCUT2D eigenvalue weighted by molar-refractivity contribution is 0.0521. The Morgan fingerprint density at radius 2 is 2.29 bits per heavy atom. The third-order valence-electron chi connectivity index (χ3n) is 2.07. The molecule has 1 rings (SSSR count). The van der Waals surface area contributed by atoms with Gasteiger partial charge in [-0.3, -0.25) is 0 Å². The molecule has 0 fully saturated rings. The van der Waals surface area contributed by atoms with E-state index in [9.17, 15) is 4.79 Å². The van der Waals surface area contributed by atoms with Gasteiger partial charge in [0.1, 0.15) is 5.00 Å². The lowest BCUT2D eigenvalue weighted by atomic mass is 10.3. The van der Waals surface area contributed by atoms with E-state index >= 15 is 0 Å². The number of carbonyl (C=O) groups is 1. The SMILES string of the molecule is CCCCNc1sc(SC)nc1C(=O)OCC. The minimum atomic E-state index is -0.344. The highest BCUT2D eigenvalue weighted by Gasteiger charge is 2.18. The largest absolute Gasteiger partial charge is 0.461 e. The summed E-state index contributed by atoms with van der Waals surface area (Å²) < 4.78 is 5.87. The summed E-state index contributed by atoms with van der Waals surface area (Å²) in [5, 5.41) is 4.07. The van der Waals surface area contributed by atoms with Crippen molar-refractivity contribution in [3.63, 3.8) is 0 Å². The number of unbranched alkanes of at least 4 members (excludes halogenated alkanes) is 1. The fraction of sp³-hybridized carbons (Fsp3) is 0.636. The summed E-state index contributed by atoms with van der Waals surface area (Å²) in [6, 6.07) is 0. The van der Waals surface area contributed by atoms with Gasteiger partial charge in [0.2, 0.25) is 0 Å². The first kappa shape index (κ1) is 14.3. The Hall–Kier alpha value is -0.750. The Kier molecular flexibility index (Phi) is 6.36. The smallest absolute Gasteiger partial charge is 0.360 e. The van der Waals surface area contributed by atoms with Crippen LogP contribution in [-0.4, -0.2) is 30.4 Å². The van der Waals surface area contributed by atoms with Gasteiger partial charge in [0.25, 0.3) is 0 Å². The average Bonchev–Trinajstić information content (AvgIpc) is 2.73. The quantitative estimate of drug-likeness (QED) is 0.470. The van der Waals surface area contributed by atoms with Crippen molar-refractivity contribution in [3.05, 3.63) is 5.69 Å². The summed E-state index contributed by atoms with van der Waals surface area (Å²) >= 11 is 3.04. The Labute approximate surface area is 110 Å². The summed E-state index contributed by atoms with van der Waals surface area (Å²) in [7, 11) is 0. The molecule has 1 aromatic heterocycles. The molecule has 0 bridgehead atoms. The van der Waals surface area contributed by atoms with Crippen LogP contribution in [0, 0.1) is 0 Å². The van der Waals surface area contributed by atoms with Gasteiger partial charge in [-0.05, 0) is 19.6 Å². The Bertz CT molecular complexity index is 366. The van der Waals surface area contributed by atoms with Crippen LogP contribution in [0.15, 0.2) is 4.34 Å². The van der Waals surface area contributed by atoms with E-state index in [1.54, 1.807) is 6.92 Å². The monoisotopic (exact) mass is 274 g/mol. The van der Waals surface area contributed by atoms with Gasteiger partial charge < -0.3 is 10.1 Å². The molecule has 1 aromatic rings. The molecule has 0 saturated heterocycles. The number of aromatic nitrogens is 1. The predicted octanol–water partition coefficient (Wildman–Crippen LogP) is 3.25. The molecule has 1 N–H and O–H groups in total. The van der Waals surface area contributed by atoms with E-state index in [4.69, 9.17) is 4.74 Å². The zero-order valence-electron chi connectivity index (χ0n) is 10.4. The highest BCUT2D eigenvalue weighted by atomic mass is 32.2. The van der Waals surface area contributed by atoms with Crippen molar-refractivity contribution in [3.8, 4) is 0 Å². The van der Waals surface area contributed by atoms with Crippen molar-refractivity contribution in [1.29, 1.82) is 0 Å². The van der Waals surface area contributed by atoms with Crippen LogP contribution in [0.1, 0.15) is 37.2 Å². The van der Waals surface area contributed by atoms with Crippen molar-refractivity contribution in [2.24, 2.45) is 0 Å². The molecule has 0 radical (unpaired) electrons. The van der Waals surface area contributed by atoms with Crippen LogP contribution in [0.5, 0.6) is 0 Å². The number of hydrogen-bond donors (Lipinski definition) is 1. The van der Waals surface area contributed by atoms with Gasteiger partial charge in [-0.1, -0.05) is 36.4 Å². The van der Waals surface area contributed by atoms with Gasteiger partial charge in [0.15, 0.2) is 10.0 Å². The minimum Gasteiger partial charge on any atom is -0.461 e. The molecule has 0 aliphatic rings. The predicted molar refractivity (Wildman–Crippen MR) is 73.2 cm³/mol. The molecular formula is C11H18N2O2S2. The fourth-order valence-electron chi connectivity index (χ4n) is 1.22. The van der Waals surface area contributed by atoms with E-state index in [2.05, 4.69) is 17.2 Å². The third-order valence-corrected chi connectivity index (χ3v) is 4.07. The number of nitrogens with one attached hydrogen (secondary N) is 1. The van der Waals surface area contributed by atoms with Crippen LogP contribution < -0.4 is 5.32 Å². The van der Waals surface area contributed by atoms with Gasteiger partial charge >= 0.3 is 5.97 Å². The molecular weight excluding hydrogens is 256 g/mol. The van der Waals surface area contributed by atoms with Crippen molar-refractivity contribution >= 4 is 34.1 Å². The molecule has 4 nitrogen and oxygen atoms in total. The second-order valence-electron chi connectivity index (χ2n) is 3.36. The maximum absolute atomic E-state index is 11.7. The van der Waals surface area contributed by atoms with E-state index in [1.807, 2.05) is 6.26 Å². The molecule has 0 aliphatic carbocycles.